The van der Waals surface area contributed by atoms with Crippen LogP contribution in [0, 0.1) is 5.92 Å². The Bertz CT molecular complexity index is 561. The van der Waals surface area contributed by atoms with Crippen molar-refractivity contribution in [3.63, 3.8) is 0 Å². The van der Waals surface area contributed by atoms with Crippen LogP contribution in [0.25, 0.3) is 0 Å². The third-order valence-corrected chi connectivity index (χ3v) is 5.48. The van der Waals surface area contributed by atoms with Crippen LogP contribution in [0.3, 0.4) is 0 Å². The number of nitrogens with zero attached hydrogens (tertiary/aromatic N) is 1. The van der Waals surface area contributed by atoms with Gasteiger partial charge in [0.1, 0.15) is 5.75 Å². The Morgan fingerprint density at radius 2 is 1.85 bits per heavy atom. The Morgan fingerprint density at radius 1 is 1.19 bits per heavy atom. The van der Waals surface area contributed by atoms with Crippen molar-refractivity contribution in [1.29, 1.82) is 0 Å². The molecule has 2 aliphatic rings. The predicted molar refractivity (Wildman–Crippen MR) is 103 cm³/mol. The van der Waals surface area contributed by atoms with Gasteiger partial charge < -0.3 is 14.8 Å². The number of benzene rings is 1. The van der Waals surface area contributed by atoms with E-state index in [1.54, 1.807) is 0 Å². The Balaban J connectivity index is 1.51. The molecule has 0 radical (unpaired) electrons. The number of amides is 1. The fourth-order valence-electron chi connectivity index (χ4n) is 3.88. The molecule has 3 rings (SSSR count). The highest BCUT2D eigenvalue weighted by Gasteiger charge is 2.24. The van der Waals surface area contributed by atoms with Gasteiger partial charge in [-0.25, -0.2) is 0 Å². The fraction of sp³-hybridized carbons (Fsp3) is 0.667. The zero-order chi connectivity index (χ0) is 18.4. The number of ether oxygens (including phenoxy) is 2. The van der Waals surface area contributed by atoms with Gasteiger partial charge in [0.15, 0.2) is 0 Å². The van der Waals surface area contributed by atoms with Crippen LogP contribution >= 0.6 is 0 Å². The number of morpholine rings is 1. The van der Waals surface area contributed by atoms with Gasteiger partial charge in [-0.05, 0) is 55.9 Å². The molecule has 0 bridgehead atoms. The van der Waals surface area contributed by atoms with Gasteiger partial charge in [0, 0.05) is 31.2 Å². The Kier molecular flexibility index (Phi) is 6.92. The molecule has 2 fully saturated rings. The first kappa shape index (κ1) is 19.2. The molecule has 1 atom stereocenters. The molecule has 1 saturated carbocycles. The molecule has 1 saturated heterocycles. The van der Waals surface area contributed by atoms with Crippen LogP contribution < -0.4 is 10.1 Å². The molecule has 0 spiro atoms. The second-order valence-electron chi connectivity index (χ2n) is 7.72. The molecule has 1 aromatic rings. The first-order valence-electron chi connectivity index (χ1n) is 10.00. The molecule has 5 heteroatoms. The number of nitrogens with one attached hydrogen (secondary N) is 1. The smallest absolute Gasteiger partial charge is 0.251 e. The first-order valence-corrected chi connectivity index (χ1v) is 10.00. The summed E-state index contributed by atoms with van der Waals surface area (Å²) in [5.74, 6) is 1.33. The molecule has 1 aliphatic carbocycles. The maximum Gasteiger partial charge on any atom is 0.251 e. The SMILES string of the molecule is CC(C)C(CNC(=O)c1ccc(OC2CCCC2)cc1)N1CCOCC1. The van der Waals surface area contributed by atoms with Crippen LogP contribution in [0.2, 0.25) is 0 Å². The summed E-state index contributed by atoms with van der Waals surface area (Å²) >= 11 is 0. The highest BCUT2D eigenvalue weighted by molar-refractivity contribution is 5.94. The van der Waals surface area contributed by atoms with Crippen molar-refractivity contribution in [3.8, 4) is 5.75 Å². The number of rotatable bonds is 7. The maximum absolute atomic E-state index is 12.5. The van der Waals surface area contributed by atoms with Crippen LogP contribution in [-0.4, -0.2) is 55.8 Å². The zero-order valence-corrected chi connectivity index (χ0v) is 16.1. The van der Waals surface area contributed by atoms with Gasteiger partial charge in [-0.15, -0.1) is 0 Å². The van der Waals surface area contributed by atoms with Crippen molar-refractivity contribution in [1.82, 2.24) is 10.2 Å². The van der Waals surface area contributed by atoms with Gasteiger partial charge >= 0.3 is 0 Å². The van der Waals surface area contributed by atoms with Gasteiger partial charge in [0.2, 0.25) is 0 Å². The predicted octanol–water partition coefficient (Wildman–Crippen LogP) is 3.09. The molecule has 26 heavy (non-hydrogen) atoms. The van der Waals surface area contributed by atoms with Crippen molar-refractivity contribution < 1.29 is 14.3 Å². The van der Waals surface area contributed by atoms with Crippen molar-refractivity contribution in [2.24, 2.45) is 5.92 Å². The molecule has 1 aromatic carbocycles. The van der Waals surface area contributed by atoms with Gasteiger partial charge in [-0.1, -0.05) is 13.8 Å². The molecule has 0 aromatic heterocycles. The molecule has 1 unspecified atom stereocenters. The highest BCUT2D eigenvalue weighted by atomic mass is 16.5. The van der Waals surface area contributed by atoms with E-state index in [-0.39, 0.29) is 5.91 Å². The maximum atomic E-state index is 12.5. The molecule has 5 nitrogen and oxygen atoms in total. The summed E-state index contributed by atoms with van der Waals surface area (Å²) < 4.78 is 11.4. The third-order valence-electron chi connectivity index (χ3n) is 5.48. The minimum atomic E-state index is -0.0173. The van der Waals surface area contributed by atoms with Crippen molar-refractivity contribution in [2.75, 3.05) is 32.8 Å². The lowest BCUT2D eigenvalue weighted by Gasteiger charge is -2.36. The molecule has 1 amide bonds. The Morgan fingerprint density at radius 3 is 2.46 bits per heavy atom. The quantitative estimate of drug-likeness (QED) is 0.812. The number of carbonyl (C=O) groups is 1. The van der Waals surface area contributed by atoms with E-state index in [4.69, 9.17) is 9.47 Å². The van der Waals surface area contributed by atoms with E-state index in [9.17, 15) is 4.79 Å². The molecule has 144 valence electrons. The third kappa shape index (κ3) is 5.21. The molecule has 1 aliphatic heterocycles. The summed E-state index contributed by atoms with van der Waals surface area (Å²) in [6.07, 6.45) is 5.13. The summed E-state index contributed by atoms with van der Waals surface area (Å²) in [5.41, 5.74) is 0.688. The minimum Gasteiger partial charge on any atom is -0.490 e. The number of hydrogen-bond acceptors (Lipinski definition) is 4. The standard InChI is InChI=1S/C21H32N2O3/c1-16(2)20(23-11-13-25-14-12-23)15-22-21(24)17-7-9-19(10-8-17)26-18-5-3-4-6-18/h7-10,16,18,20H,3-6,11-15H2,1-2H3,(H,22,24). The highest BCUT2D eigenvalue weighted by Crippen LogP contribution is 2.24. The Labute approximate surface area is 157 Å². The van der Waals surface area contributed by atoms with E-state index >= 15 is 0 Å². The van der Waals surface area contributed by atoms with Crippen LogP contribution in [0.1, 0.15) is 49.9 Å². The molecular weight excluding hydrogens is 328 g/mol. The summed E-state index contributed by atoms with van der Waals surface area (Å²) in [6, 6.07) is 7.88. The monoisotopic (exact) mass is 360 g/mol. The van der Waals surface area contributed by atoms with Crippen LogP contribution in [0.15, 0.2) is 24.3 Å². The van der Waals surface area contributed by atoms with Gasteiger partial charge in [-0.3, -0.25) is 9.69 Å². The second-order valence-corrected chi connectivity index (χ2v) is 7.72. The lowest BCUT2D eigenvalue weighted by molar-refractivity contribution is 0.00673. The van der Waals surface area contributed by atoms with Gasteiger partial charge in [0.05, 0.1) is 19.3 Å². The van der Waals surface area contributed by atoms with Crippen molar-refractivity contribution in [3.05, 3.63) is 29.8 Å². The second kappa shape index (κ2) is 9.38. The largest absolute Gasteiger partial charge is 0.490 e. The lowest BCUT2D eigenvalue weighted by atomic mass is 10.0. The summed E-state index contributed by atoms with van der Waals surface area (Å²) in [5, 5.41) is 3.11. The van der Waals surface area contributed by atoms with Crippen LogP contribution in [0.4, 0.5) is 0 Å². The molecule has 1 heterocycles. The lowest BCUT2D eigenvalue weighted by Crippen LogP contribution is -2.51. The Hall–Kier alpha value is -1.59. The molecular formula is C21H32N2O3. The topological polar surface area (TPSA) is 50.8 Å². The van der Waals surface area contributed by atoms with E-state index in [1.807, 2.05) is 24.3 Å². The fourth-order valence-corrected chi connectivity index (χ4v) is 3.88. The van der Waals surface area contributed by atoms with E-state index in [2.05, 4.69) is 24.1 Å². The van der Waals surface area contributed by atoms with Crippen molar-refractivity contribution in [2.45, 2.75) is 51.7 Å². The van der Waals surface area contributed by atoms with E-state index in [0.717, 1.165) is 44.9 Å². The van der Waals surface area contributed by atoms with Gasteiger partial charge in [-0.2, -0.15) is 0 Å². The summed E-state index contributed by atoms with van der Waals surface area (Å²) in [6.45, 7) is 8.51. The van der Waals surface area contributed by atoms with E-state index in [1.165, 1.54) is 12.8 Å². The first-order chi connectivity index (χ1) is 12.6. The number of carbonyl (C=O) groups excluding carboxylic acids is 1. The van der Waals surface area contributed by atoms with Crippen LogP contribution in [0.5, 0.6) is 5.75 Å². The van der Waals surface area contributed by atoms with Crippen LogP contribution in [-0.2, 0) is 4.74 Å². The van der Waals surface area contributed by atoms with E-state index < -0.39 is 0 Å². The average molecular weight is 360 g/mol. The average Bonchev–Trinajstić information content (AvgIpc) is 3.16. The minimum absolute atomic E-state index is 0.0173. The van der Waals surface area contributed by atoms with Gasteiger partial charge in [0.25, 0.3) is 5.91 Å². The zero-order valence-electron chi connectivity index (χ0n) is 16.1. The van der Waals surface area contributed by atoms with E-state index in [0.29, 0.717) is 30.2 Å². The summed E-state index contributed by atoms with van der Waals surface area (Å²) in [4.78, 5) is 14.9. The van der Waals surface area contributed by atoms with Crippen molar-refractivity contribution >= 4 is 5.91 Å². The summed E-state index contributed by atoms with van der Waals surface area (Å²) in [7, 11) is 0. The number of hydrogen-bond donors (Lipinski definition) is 1. The normalized spacial score (nSPS) is 20.3. The molecule has 1 N–H and O–H groups in total.